The van der Waals surface area contributed by atoms with Crippen LogP contribution in [0.4, 0.5) is 0 Å². The second-order valence-electron chi connectivity index (χ2n) is 6.09. The number of aromatic nitrogens is 2. The number of hydrogen-bond acceptors (Lipinski definition) is 4. The number of benzene rings is 1. The monoisotopic (exact) mass is 327 g/mol. The Labute approximate surface area is 139 Å². The molecule has 1 N–H and O–H groups in total. The number of thiazole rings is 1. The van der Waals surface area contributed by atoms with Gasteiger partial charge in [-0.1, -0.05) is 44.2 Å². The van der Waals surface area contributed by atoms with Gasteiger partial charge in [0.25, 0.3) is 5.56 Å². The van der Waals surface area contributed by atoms with E-state index in [1.807, 2.05) is 18.4 Å². The van der Waals surface area contributed by atoms with E-state index >= 15 is 0 Å². The van der Waals surface area contributed by atoms with Gasteiger partial charge < -0.3 is 5.32 Å². The van der Waals surface area contributed by atoms with E-state index in [4.69, 9.17) is 0 Å². The van der Waals surface area contributed by atoms with Crippen molar-refractivity contribution in [3.05, 3.63) is 69.1 Å². The molecule has 0 bridgehead atoms. The van der Waals surface area contributed by atoms with Crippen LogP contribution in [0.3, 0.4) is 0 Å². The number of hydrogen-bond donors (Lipinski definition) is 1. The van der Waals surface area contributed by atoms with Crippen LogP contribution in [0.2, 0.25) is 0 Å². The van der Waals surface area contributed by atoms with Gasteiger partial charge >= 0.3 is 0 Å². The van der Waals surface area contributed by atoms with Gasteiger partial charge in [-0.2, -0.15) is 0 Å². The molecule has 0 aliphatic rings. The van der Waals surface area contributed by atoms with E-state index in [0.717, 1.165) is 16.3 Å². The van der Waals surface area contributed by atoms with Gasteiger partial charge in [-0.05, 0) is 18.4 Å². The van der Waals surface area contributed by atoms with Crippen molar-refractivity contribution >= 4 is 16.3 Å². The predicted octanol–water partition coefficient (Wildman–Crippen LogP) is 3.55. The highest BCUT2D eigenvalue weighted by Gasteiger charge is 2.15. The van der Waals surface area contributed by atoms with Gasteiger partial charge in [0.05, 0.1) is 5.69 Å². The zero-order valence-corrected chi connectivity index (χ0v) is 14.4. The predicted molar refractivity (Wildman–Crippen MR) is 94.9 cm³/mol. The SMILES string of the molecule is Cc1csc2nc(CNC(c3ccccc3)C(C)C)cc(=O)n12. The molecule has 120 valence electrons. The van der Waals surface area contributed by atoms with Crippen molar-refractivity contribution in [3.8, 4) is 0 Å². The standard InChI is InChI=1S/C18H21N3OS/c1-12(2)17(14-7-5-4-6-8-14)19-10-15-9-16(22)21-13(3)11-23-18(21)20-15/h4-9,11-12,17,19H,10H2,1-3H3. The highest BCUT2D eigenvalue weighted by Crippen LogP contribution is 2.21. The Morgan fingerprint density at radius 1 is 1.26 bits per heavy atom. The van der Waals surface area contributed by atoms with Crippen molar-refractivity contribution in [1.82, 2.24) is 14.7 Å². The maximum atomic E-state index is 12.2. The van der Waals surface area contributed by atoms with Crippen molar-refractivity contribution in [2.24, 2.45) is 5.92 Å². The van der Waals surface area contributed by atoms with Crippen molar-refractivity contribution < 1.29 is 0 Å². The molecule has 0 fully saturated rings. The first-order valence-electron chi connectivity index (χ1n) is 7.81. The Hall–Kier alpha value is -1.98. The third-order valence-corrected chi connectivity index (χ3v) is 4.90. The molecule has 23 heavy (non-hydrogen) atoms. The highest BCUT2D eigenvalue weighted by atomic mass is 32.1. The summed E-state index contributed by atoms with van der Waals surface area (Å²) in [7, 11) is 0. The minimum absolute atomic E-state index is 0.00800. The van der Waals surface area contributed by atoms with Crippen molar-refractivity contribution in [1.29, 1.82) is 0 Å². The van der Waals surface area contributed by atoms with Crippen LogP contribution in [0.25, 0.3) is 4.96 Å². The summed E-state index contributed by atoms with van der Waals surface area (Å²) in [6.07, 6.45) is 0. The number of aryl methyl sites for hydroxylation is 1. The summed E-state index contributed by atoms with van der Waals surface area (Å²) in [4.78, 5) is 17.6. The van der Waals surface area contributed by atoms with E-state index in [1.54, 1.807) is 10.5 Å². The van der Waals surface area contributed by atoms with E-state index in [9.17, 15) is 4.79 Å². The van der Waals surface area contributed by atoms with Gasteiger partial charge in [0, 0.05) is 29.7 Å². The fourth-order valence-electron chi connectivity index (χ4n) is 2.80. The number of nitrogens with zero attached hydrogens (tertiary/aromatic N) is 2. The molecule has 0 radical (unpaired) electrons. The maximum Gasteiger partial charge on any atom is 0.259 e. The number of fused-ring (bicyclic) bond motifs is 1. The van der Waals surface area contributed by atoms with Gasteiger partial charge in [0.2, 0.25) is 0 Å². The molecule has 1 atom stereocenters. The Kier molecular flexibility index (Phi) is 4.59. The summed E-state index contributed by atoms with van der Waals surface area (Å²) >= 11 is 1.50. The van der Waals surface area contributed by atoms with Crippen molar-refractivity contribution in [3.63, 3.8) is 0 Å². The van der Waals surface area contributed by atoms with Crippen LogP contribution in [0.15, 0.2) is 46.6 Å². The number of nitrogens with one attached hydrogen (secondary N) is 1. The smallest absolute Gasteiger partial charge is 0.259 e. The molecular formula is C18H21N3OS. The Bertz CT molecular complexity index is 852. The topological polar surface area (TPSA) is 46.4 Å². The fourth-order valence-corrected chi connectivity index (χ4v) is 3.70. The van der Waals surface area contributed by atoms with Crippen molar-refractivity contribution in [2.75, 3.05) is 0 Å². The molecule has 0 spiro atoms. The second kappa shape index (κ2) is 6.64. The molecule has 0 aliphatic heterocycles. The molecule has 1 aromatic carbocycles. The van der Waals surface area contributed by atoms with Gasteiger partial charge in [-0.25, -0.2) is 4.98 Å². The maximum absolute atomic E-state index is 12.2. The van der Waals surface area contributed by atoms with E-state index < -0.39 is 0 Å². The first-order chi connectivity index (χ1) is 11.1. The minimum Gasteiger partial charge on any atom is -0.304 e. The Morgan fingerprint density at radius 2 is 2.00 bits per heavy atom. The van der Waals surface area contributed by atoms with Crippen LogP contribution >= 0.6 is 11.3 Å². The lowest BCUT2D eigenvalue weighted by atomic mass is 9.96. The van der Waals surface area contributed by atoms with Gasteiger partial charge in [-0.3, -0.25) is 9.20 Å². The van der Waals surface area contributed by atoms with Crippen LogP contribution < -0.4 is 10.9 Å². The van der Waals surface area contributed by atoms with Crippen LogP contribution in [-0.2, 0) is 6.54 Å². The van der Waals surface area contributed by atoms with Crippen LogP contribution in [-0.4, -0.2) is 9.38 Å². The van der Waals surface area contributed by atoms with Crippen LogP contribution in [0.5, 0.6) is 0 Å². The second-order valence-corrected chi connectivity index (χ2v) is 6.93. The molecule has 0 amide bonds. The summed E-state index contributed by atoms with van der Waals surface area (Å²) < 4.78 is 1.66. The van der Waals surface area contributed by atoms with Gasteiger partial charge in [0.1, 0.15) is 0 Å². The first kappa shape index (κ1) is 15.9. The van der Waals surface area contributed by atoms with E-state index in [0.29, 0.717) is 12.5 Å². The third kappa shape index (κ3) is 3.35. The average Bonchev–Trinajstić information content (AvgIpc) is 2.90. The lowest BCUT2D eigenvalue weighted by molar-refractivity contribution is 0.408. The van der Waals surface area contributed by atoms with E-state index in [2.05, 4.69) is 48.4 Å². The largest absolute Gasteiger partial charge is 0.304 e. The van der Waals surface area contributed by atoms with E-state index in [-0.39, 0.29) is 11.6 Å². The molecule has 2 heterocycles. The van der Waals surface area contributed by atoms with E-state index in [1.165, 1.54) is 16.9 Å². The minimum atomic E-state index is -0.00800. The third-order valence-electron chi connectivity index (χ3n) is 3.96. The summed E-state index contributed by atoms with van der Waals surface area (Å²) in [6, 6.07) is 12.3. The summed E-state index contributed by atoms with van der Waals surface area (Å²) in [5.41, 5.74) is 2.98. The lowest BCUT2D eigenvalue weighted by Crippen LogP contribution is -2.27. The Balaban J connectivity index is 1.83. The summed E-state index contributed by atoms with van der Waals surface area (Å²) in [6.45, 7) is 6.90. The molecule has 2 aromatic heterocycles. The molecule has 0 saturated carbocycles. The molecule has 0 aliphatic carbocycles. The number of rotatable bonds is 5. The molecular weight excluding hydrogens is 306 g/mol. The normalized spacial score (nSPS) is 12.9. The first-order valence-corrected chi connectivity index (χ1v) is 8.69. The molecule has 0 saturated heterocycles. The highest BCUT2D eigenvalue weighted by molar-refractivity contribution is 7.15. The van der Waals surface area contributed by atoms with Crippen LogP contribution in [0.1, 0.15) is 36.8 Å². The fraction of sp³-hybridized carbons (Fsp3) is 0.333. The van der Waals surface area contributed by atoms with Gasteiger partial charge in [0.15, 0.2) is 4.96 Å². The molecule has 3 rings (SSSR count). The summed E-state index contributed by atoms with van der Waals surface area (Å²) in [5.74, 6) is 0.450. The van der Waals surface area contributed by atoms with Gasteiger partial charge in [-0.15, -0.1) is 11.3 Å². The molecule has 3 aromatic rings. The molecule has 5 heteroatoms. The quantitative estimate of drug-likeness (QED) is 0.779. The molecule has 1 unspecified atom stereocenters. The zero-order valence-electron chi connectivity index (χ0n) is 13.6. The molecule has 4 nitrogen and oxygen atoms in total. The average molecular weight is 327 g/mol. The van der Waals surface area contributed by atoms with Crippen molar-refractivity contribution in [2.45, 2.75) is 33.4 Å². The zero-order chi connectivity index (χ0) is 16.4. The Morgan fingerprint density at radius 3 is 2.70 bits per heavy atom. The van der Waals surface area contributed by atoms with Crippen LogP contribution in [0, 0.1) is 12.8 Å². The lowest BCUT2D eigenvalue weighted by Gasteiger charge is -2.22. The summed E-state index contributed by atoms with van der Waals surface area (Å²) in [5, 5.41) is 5.50.